The number of hydrogen-bond donors (Lipinski definition) is 0. The minimum absolute atomic E-state index is 0.170. The maximum Gasteiger partial charge on any atom is 0.339 e. The molecule has 0 atom stereocenters. The Morgan fingerprint density at radius 1 is 1.05 bits per heavy atom. The summed E-state index contributed by atoms with van der Waals surface area (Å²) in [5.74, 6) is 2.39. The minimum Gasteiger partial charge on any atom is -0.489 e. The van der Waals surface area contributed by atoms with Crippen molar-refractivity contribution in [3.63, 3.8) is 0 Å². The third-order valence-corrected chi connectivity index (χ3v) is 8.59. The van der Waals surface area contributed by atoms with Crippen molar-refractivity contribution >= 4 is 21.8 Å². The lowest BCUT2D eigenvalue weighted by atomic mass is 9.91. The van der Waals surface area contributed by atoms with Crippen LogP contribution in [0.4, 0.5) is 0 Å². The second kappa shape index (κ2) is 10.1. The Morgan fingerprint density at radius 2 is 1.79 bits per heavy atom. The topological polar surface area (TPSA) is 71.1 Å². The van der Waals surface area contributed by atoms with Crippen molar-refractivity contribution in [1.82, 2.24) is 0 Å². The molecular formula is C32H34O6S. The van der Waals surface area contributed by atoms with Crippen molar-refractivity contribution in [2.45, 2.75) is 58.0 Å². The van der Waals surface area contributed by atoms with Crippen molar-refractivity contribution in [2.24, 2.45) is 0 Å². The van der Waals surface area contributed by atoms with Crippen LogP contribution in [0.1, 0.15) is 53.6 Å². The Kier molecular flexibility index (Phi) is 6.97. The molecule has 39 heavy (non-hydrogen) atoms. The lowest BCUT2D eigenvalue weighted by molar-refractivity contribution is 0.0834. The largest absolute Gasteiger partial charge is 0.489 e. The fourth-order valence-electron chi connectivity index (χ4n) is 5.37. The number of fused-ring (bicyclic) bond motifs is 3. The highest BCUT2D eigenvalue weighted by Crippen LogP contribution is 2.44. The minimum atomic E-state index is -4.05. The molecule has 0 unspecified atom stereocenters. The monoisotopic (exact) mass is 546 g/mol. The van der Waals surface area contributed by atoms with Crippen molar-refractivity contribution in [1.29, 1.82) is 0 Å². The molecule has 0 fully saturated rings. The van der Waals surface area contributed by atoms with Gasteiger partial charge in [0, 0.05) is 28.3 Å². The Bertz CT molecular complexity index is 1570. The molecule has 0 aromatic heterocycles. The fourth-order valence-corrected chi connectivity index (χ4v) is 6.72. The fraction of sp³-hybridized carbons (Fsp3) is 0.312. The van der Waals surface area contributed by atoms with E-state index in [4.69, 9.17) is 18.4 Å². The van der Waals surface area contributed by atoms with Crippen LogP contribution in [-0.2, 0) is 16.5 Å². The van der Waals surface area contributed by atoms with Gasteiger partial charge in [-0.15, -0.1) is 0 Å². The van der Waals surface area contributed by atoms with Gasteiger partial charge in [-0.1, -0.05) is 30.4 Å². The maximum absolute atomic E-state index is 13.2. The van der Waals surface area contributed by atoms with Crippen molar-refractivity contribution in [2.75, 3.05) is 13.2 Å². The zero-order valence-electron chi connectivity index (χ0n) is 23.1. The molecule has 3 aromatic carbocycles. The van der Waals surface area contributed by atoms with Gasteiger partial charge in [0.15, 0.2) is 0 Å². The third kappa shape index (κ3) is 5.41. The molecule has 2 heterocycles. The van der Waals surface area contributed by atoms with Crippen LogP contribution in [0.5, 0.6) is 23.0 Å². The van der Waals surface area contributed by atoms with Crippen LogP contribution in [0.25, 0.3) is 11.6 Å². The molecule has 0 spiro atoms. The van der Waals surface area contributed by atoms with E-state index in [1.54, 1.807) is 32.1 Å². The molecule has 0 bridgehead atoms. The molecule has 0 radical (unpaired) electrons. The van der Waals surface area contributed by atoms with Crippen LogP contribution >= 0.6 is 0 Å². The molecule has 6 nitrogen and oxygen atoms in total. The molecular weight excluding hydrogens is 512 g/mol. The van der Waals surface area contributed by atoms with Crippen LogP contribution in [0.15, 0.2) is 60.0 Å². The van der Waals surface area contributed by atoms with Gasteiger partial charge in [0.25, 0.3) is 0 Å². The van der Waals surface area contributed by atoms with Gasteiger partial charge in [-0.3, -0.25) is 0 Å². The highest BCUT2D eigenvalue weighted by Gasteiger charge is 2.31. The highest BCUT2D eigenvalue weighted by molar-refractivity contribution is 7.87. The van der Waals surface area contributed by atoms with E-state index in [9.17, 15) is 8.42 Å². The Morgan fingerprint density at radius 3 is 2.51 bits per heavy atom. The normalized spacial score (nSPS) is 15.7. The summed E-state index contributed by atoms with van der Waals surface area (Å²) >= 11 is 0. The predicted molar refractivity (Wildman–Crippen MR) is 153 cm³/mol. The van der Waals surface area contributed by atoms with E-state index < -0.39 is 10.1 Å². The molecule has 0 aliphatic carbocycles. The van der Waals surface area contributed by atoms with E-state index in [1.807, 2.05) is 37.3 Å². The summed E-state index contributed by atoms with van der Waals surface area (Å²) in [5.41, 5.74) is 5.88. The molecule has 0 N–H and O–H groups in total. The summed E-state index contributed by atoms with van der Waals surface area (Å²) in [7, 11) is -4.05. The number of aryl methyl sites for hydroxylation is 3. The molecule has 2 aliphatic heterocycles. The van der Waals surface area contributed by atoms with Gasteiger partial charge in [0.1, 0.15) is 46.7 Å². The average molecular weight is 547 g/mol. The Hall–Kier alpha value is -3.71. The van der Waals surface area contributed by atoms with E-state index in [-0.39, 0.29) is 22.9 Å². The quantitative estimate of drug-likeness (QED) is 0.235. The summed E-state index contributed by atoms with van der Waals surface area (Å²) in [6, 6.07) is 12.7. The van der Waals surface area contributed by atoms with Crippen molar-refractivity contribution in [3.8, 4) is 23.0 Å². The van der Waals surface area contributed by atoms with Gasteiger partial charge in [-0.05, 0) is 88.9 Å². The first-order chi connectivity index (χ1) is 18.5. The van der Waals surface area contributed by atoms with Gasteiger partial charge in [0.05, 0.1) is 0 Å². The van der Waals surface area contributed by atoms with Gasteiger partial charge >= 0.3 is 10.1 Å². The van der Waals surface area contributed by atoms with Crippen LogP contribution in [0, 0.1) is 20.8 Å². The van der Waals surface area contributed by atoms with E-state index in [1.165, 1.54) is 0 Å². The zero-order valence-corrected chi connectivity index (χ0v) is 23.9. The molecule has 5 rings (SSSR count). The second-order valence-electron chi connectivity index (χ2n) is 10.8. The lowest BCUT2D eigenvalue weighted by Crippen LogP contribution is -2.33. The zero-order chi connectivity index (χ0) is 27.9. The van der Waals surface area contributed by atoms with Crippen LogP contribution in [0.2, 0.25) is 0 Å². The van der Waals surface area contributed by atoms with Gasteiger partial charge < -0.3 is 18.4 Å². The number of ether oxygens (including phenoxy) is 3. The first-order valence-electron chi connectivity index (χ1n) is 13.1. The number of hydrogen-bond acceptors (Lipinski definition) is 6. The molecule has 7 heteroatoms. The standard InChI is InChI=1S/C32H34O6S/c1-7-14-35-29-18-25(38-39(33,34)31-21(3)15-20(2)16-22(31)4)9-10-26(29)24-17-23-8-11-28-27(30(23)36-19-24)12-13-32(5,6)37-28/h7-11,15-18H,1,12-14,19H2,2-6H3. The second-order valence-corrected chi connectivity index (χ2v) is 12.3. The highest BCUT2D eigenvalue weighted by atomic mass is 32.2. The van der Waals surface area contributed by atoms with Gasteiger partial charge in [0.2, 0.25) is 0 Å². The summed E-state index contributed by atoms with van der Waals surface area (Å²) in [5, 5.41) is 0. The number of benzene rings is 3. The first-order valence-corrected chi connectivity index (χ1v) is 14.5. The van der Waals surface area contributed by atoms with E-state index in [2.05, 4.69) is 26.5 Å². The molecule has 3 aromatic rings. The summed E-state index contributed by atoms with van der Waals surface area (Å²) < 4.78 is 50.5. The Balaban J connectivity index is 1.48. The molecule has 0 saturated carbocycles. The van der Waals surface area contributed by atoms with Crippen molar-refractivity contribution < 1.29 is 26.8 Å². The third-order valence-electron chi connectivity index (χ3n) is 7.03. The smallest absolute Gasteiger partial charge is 0.339 e. The van der Waals surface area contributed by atoms with Crippen LogP contribution < -0.4 is 18.4 Å². The summed E-state index contributed by atoms with van der Waals surface area (Å²) in [4.78, 5) is 0.182. The van der Waals surface area contributed by atoms with Gasteiger partial charge in [-0.2, -0.15) is 8.42 Å². The van der Waals surface area contributed by atoms with Crippen molar-refractivity contribution in [3.05, 3.63) is 88.5 Å². The molecule has 2 aliphatic rings. The van der Waals surface area contributed by atoms with Crippen LogP contribution in [-0.4, -0.2) is 27.2 Å². The van der Waals surface area contributed by atoms with Gasteiger partial charge in [-0.25, -0.2) is 0 Å². The predicted octanol–water partition coefficient (Wildman–Crippen LogP) is 6.98. The maximum atomic E-state index is 13.2. The lowest BCUT2D eigenvalue weighted by Gasteiger charge is -2.34. The Labute approximate surface area is 231 Å². The number of rotatable bonds is 7. The van der Waals surface area contributed by atoms with Crippen LogP contribution in [0.3, 0.4) is 0 Å². The van der Waals surface area contributed by atoms with E-state index >= 15 is 0 Å². The molecule has 204 valence electrons. The molecule has 0 saturated heterocycles. The summed E-state index contributed by atoms with van der Waals surface area (Å²) in [6.07, 6.45) is 5.54. The average Bonchev–Trinajstić information content (AvgIpc) is 2.85. The SMILES string of the molecule is C=CCOc1cc(OS(=O)(=O)c2c(C)cc(C)cc2C)ccc1C1=Cc2ccc3c(c2OC1)CCC(C)(C)O3. The van der Waals surface area contributed by atoms with E-state index in [0.717, 1.165) is 52.2 Å². The first kappa shape index (κ1) is 26.9. The van der Waals surface area contributed by atoms with E-state index in [0.29, 0.717) is 23.5 Å². The molecule has 0 amide bonds. The summed E-state index contributed by atoms with van der Waals surface area (Å²) in [6.45, 7) is 14.0.